The van der Waals surface area contributed by atoms with Gasteiger partial charge < -0.3 is 10.1 Å². The zero-order chi connectivity index (χ0) is 13.1. The van der Waals surface area contributed by atoms with E-state index in [0.717, 1.165) is 54.1 Å². The van der Waals surface area contributed by atoms with Crippen molar-refractivity contribution in [2.75, 3.05) is 44.7 Å². The number of fused-ring (bicyclic) bond motifs is 1. The third-order valence-corrected chi connectivity index (χ3v) is 4.90. The molecule has 0 aromatic carbocycles. The number of hydrogen-bond donors (Lipinski definition) is 1. The average Bonchev–Trinajstić information content (AvgIpc) is 2.82. The van der Waals surface area contributed by atoms with Gasteiger partial charge in [-0.05, 0) is 15.9 Å². The molecule has 5 nitrogen and oxygen atoms in total. The number of anilines is 1. The van der Waals surface area contributed by atoms with Crippen LogP contribution in [0.1, 0.15) is 0 Å². The Balaban J connectivity index is 1.57. The monoisotopic (exact) mass is 342 g/mol. The second-order valence-corrected chi connectivity index (χ2v) is 6.14. The van der Waals surface area contributed by atoms with Crippen LogP contribution in [0, 0.1) is 0 Å². The molecular formula is C12H15BrN4OS. The summed E-state index contributed by atoms with van der Waals surface area (Å²) in [6, 6.07) is 0. The van der Waals surface area contributed by atoms with Crippen LogP contribution in [0.4, 0.5) is 5.95 Å². The molecular weight excluding hydrogens is 328 g/mol. The zero-order valence-electron chi connectivity index (χ0n) is 10.4. The molecule has 102 valence electrons. The normalized spacial score (nSPS) is 16.9. The van der Waals surface area contributed by atoms with Gasteiger partial charge in [-0.2, -0.15) is 0 Å². The second kappa shape index (κ2) is 6.13. The molecule has 1 fully saturated rings. The highest BCUT2D eigenvalue weighted by molar-refractivity contribution is 9.10. The maximum absolute atomic E-state index is 5.33. The van der Waals surface area contributed by atoms with E-state index >= 15 is 0 Å². The van der Waals surface area contributed by atoms with Crippen LogP contribution in [0.25, 0.3) is 10.2 Å². The summed E-state index contributed by atoms with van der Waals surface area (Å²) in [7, 11) is 0. The molecule has 0 radical (unpaired) electrons. The lowest BCUT2D eigenvalue weighted by atomic mass is 10.4. The molecule has 0 aliphatic carbocycles. The molecule has 2 aromatic heterocycles. The molecule has 7 heteroatoms. The molecule has 1 aliphatic rings. The average molecular weight is 343 g/mol. The van der Waals surface area contributed by atoms with E-state index in [1.54, 1.807) is 11.3 Å². The molecule has 0 unspecified atom stereocenters. The molecule has 19 heavy (non-hydrogen) atoms. The second-order valence-electron chi connectivity index (χ2n) is 4.37. The van der Waals surface area contributed by atoms with Crippen molar-refractivity contribution >= 4 is 43.4 Å². The Morgan fingerprint density at radius 3 is 3.11 bits per heavy atom. The van der Waals surface area contributed by atoms with Crippen LogP contribution in [-0.2, 0) is 4.74 Å². The molecule has 0 bridgehead atoms. The molecule has 1 saturated heterocycles. The Labute approximate surface area is 124 Å². The predicted octanol–water partition coefficient (Wildman–Crippen LogP) is 2.20. The van der Waals surface area contributed by atoms with Crippen LogP contribution >= 0.6 is 27.3 Å². The fraction of sp³-hybridized carbons (Fsp3) is 0.500. The molecule has 3 heterocycles. The number of ether oxygens (including phenoxy) is 1. The number of nitrogens with zero attached hydrogens (tertiary/aromatic N) is 3. The van der Waals surface area contributed by atoms with Gasteiger partial charge in [-0.3, -0.25) is 4.90 Å². The maximum Gasteiger partial charge on any atom is 0.223 e. The summed E-state index contributed by atoms with van der Waals surface area (Å²) in [6.45, 7) is 5.55. The number of hydrogen-bond acceptors (Lipinski definition) is 6. The van der Waals surface area contributed by atoms with E-state index in [9.17, 15) is 0 Å². The third-order valence-electron chi connectivity index (χ3n) is 3.09. The number of nitrogens with one attached hydrogen (secondary N) is 1. The molecule has 0 spiro atoms. The zero-order valence-corrected chi connectivity index (χ0v) is 12.8. The van der Waals surface area contributed by atoms with Gasteiger partial charge >= 0.3 is 0 Å². The van der Waals surface area contributed by atoms with E-state index in [4.69, 9.17) is 4.74 Å². The van der Waals surface area contributed by atoms with Gasteiger partial charge in [0.25, 0.3) is 0 Å². The van der Waals surface area contributed by atoms with Crippen molar-refractivity contribution in [2.24, 2.45) is 0 Å². The first-order valence-electron chi connectivity index (χ1n) is 6.26. The largest absolute Gasteiger partial charge is 0.379 e. The molecule has 0 atom stereocenters. The van der Waals surface area contributed by atoms with Gasteiger partial charge in [0.05, 0.1) is 28.6 Å². The van der Waals surface area contributed by atoms with E-state index in [2.05, 4.69) is 36.1 Å². The summed E-state index contributed by atoms with van der Waals surface area (Å²) < 4.78 is 7.46. The summed E-state index contributed by atoms with van der Waals surface area (Å²) in [6.07, 6.45) is 1.87. The van der Waals surface area contributed by atoms with Gasteiger partial charge in [0, 0.05) is 31.6 Å². The fourth-order valence-electron chi connectivity index (χ4n) is 2.03. The van der Waals surface area contributed by atoms with E-state index in [-0.39, 0.29) is 0 Å². The Bertz CT molecular complexity index is 556. The van der Waals surface area contributed by atoms with Crippen LogP contribution in [0.3, 0.4) is 0 Å². The van der Waals surface area contributed by atoms with Crippen molar-refractivity contribution in [1.82, 2.24) is 14.9 Å². The minimum Gasteiger partial charge on any atom is -0.379 e. The minimum atomic E-state index is 0.694. The molecule has 3 rings (SSSR count). The quantitative estimate of drug-likeness (QED) is 0.922. The van der Waals surface area contributed by atoms with E-state index in [1.807, 2.05) is 11.6 Å². The van der Waals surface area contributed by atoms with Crippen molar-refractivity contribution < 1.29 is 4.74 Å². The third kappa shape index (κ3) is 3.22. The smallest absolute Gasteiger partial charge is 0.223 e. The number of thiophene rings is 1. The summed E-state index contributed by atoms with van der Waals surface area (Å²) >= 11 is 5.15. The molecule has 1 aliphatic heterocycles. The van der Waals surface area contributed by atoms with Gasteiger partial charge in [-0.1, -0.05) is 0 Å². The fourth-order valence-corrected chi connectivity index (χ4v) is 3.47. The number of rotatable bonds is 4. The lowest BCUT2D eigenvalue weighted by Crippen LogP contribution is -2.39. The van der Waals surface area contributed by atoms with E-state index in [1.165, 1.54) is 0 Å². The number of morpholine rings is 1. The van der Waals surface area contributed by atoms with Crippen LogP contribution in [0.5, 0.6) is 0 Å². The highest BCUT2D eigenvalue weighted by atomic mass is 79.9. The highest BCUT2D eigenvalue weighted by Gasteiger charge is 2.10. The summed E-state index contributed by atoms with van der Waals surface area (Å²) in [4.78, 5) is 11.2. The molecule has 1 N–H and O–H groups in total. The Hall–Kier alpha value is -0.760. The maximum atomic E-state index is 5.33. The molecule has 2 aromatic rings. The van der Waals surface area contributed by atoms with Gasteiger partial charge in [0.1, 0.15) is 5.52 Å². The Morgan fingerprint density at radius 1 is 1.42 bits per heavy atom. The predicted molar refractivity (Wildman–Crippen MR) is 80.9 cm³/mol. The lowest BCUT2D eigenvalue weighted by molar-refractivity contribution is 0.0398. The molecule has 0 amide bonds. The summed E-state index contributed by atoms with van der Waals surface area (Å²) in [5, 5.41) is 5.32. The topological polar surface area (TPSA) is 50.3 Å². The van der Waals surface area contributed by atoms with Crippen LogP contribution < -0.4 is 5.32 Å². The van der Waals surface area contributed by atoms with Crippen LogP contribution in [0.15, 0.2) is 16.0 Å². The first kappa shape index (κ1) is 13.2. The van der Waals surface area contributed by atoms with E-state index < -0.39 is 0 Å². The number of aromatic nitrogens is 2. The summed E-state index contributed by atoms with van der Waals surface area (Å²) in [5.41, 5.74) is 0.980. The molecule has 0 saturated carbocycles. The van der Waals surface area contributed by atoms with Gasteiger partial charge in [-0.25, -0.2) is 9.97 Å². The van der Waals surface area contributed by atoms with Crippen LogP contribution in [-0.4, -0.2) is 54.3 Å². The highest BCUT2D eigenvalue weighted by Crippen LogP contribution is 2.28. The van der Waals surface area contributed by atoms with Crippen molar-refractivity contribution in [1.29, 1.82) is 0 Å². The van der Waals surface area contributed by atoms with Crippen molar-refractivity contribution in [2.45, 2.75) is 0 Å². The first-order chi connectivity index (χ1) is 9.33. The van der Waals surface area contributed by atoms with Gasteiger partial charge in [0.15, 0.2) is 0 Å². The first-order valence-corrected chi connectivity index (χ1v) is 7.94. The van der Waals surface area contributed by atoms with E-state index in [0.29, 0.717) is 5.95 Å². The van der Waals surface area contributed by atoms with Gasteiger partial charge in [0.2, 0.25) is 5.95 Å². The lowest BCUT2D eigenvalue weighted by Gasteiger charge is -2.26. The summed E-state index contributed by atoms with van der Waals surface area (Å²) in [5.74, 6) is 0.694. The Morgan fingerprint density at radius 2 is 2.26 bits per heavy atom. The van der Waals surface area contributed by atoms with Crippen LogP contribution in [0.2, 0.25) is 0 Å². The Kier molecular flexibility index (Phi) is 4.27. The SMILES string of the molecule is Brc1csc2cnc(NCCN3CCOCC3)nc12. The van der Waals surface area contributed by atoms with Crippen molar-refractivity contribution in [3.05, 3.63) is 16.0 Å². The van der Waals surface area contributed by atoms with Crippen molar-refractivity contribution in [3.8, 4) is 0 Å². The number of halogens is 1. The standard InChI is InChI=1S/C12H15BrN4OS/c13-9-8-19-10-7-15-12(16-11(9)10)14-1-2-17-3-5-18-6-4-17/h7-8H,1-6H2,(H,14,15,16). The van der Waals surface area contributed by atoms with Crippen molar-refractivity contribution in [3.63, 3.8) is 0 Å². The van der Waals surface area contributed by atoms with Gasteiger partial charge in [-0.15, -0.1) is 11.3 Å². The minimum absolute atomic E-state index is 0.694.